The van der Waals surface area contributed by atoms with Crippen LogP contribution in [0.5, 0.6) is 11.5 Å². The van der Waals surface area contributed by atoms with Gasteiger partial charge >= 0.3 is 0 Å². The highest BCUT2D eigenvalue weighted by Crippen LogP contribution is 2.38. The van der Waals surface area contributed by atoms with E-state index in [1.165, 1.54) is 22.1 Å². The van der Waals surface area contributed by atoms with E-state index in [0.29, 0.717) is 40.7 Å². The summed E-state index contributed by atoms with van der Waals surface area (Å²) in [6.07, 6.45) is 4.36. The minimum Gasteiger partial charge on any atom is -0.488 e. The summed E-state index contributed by atoms with van der Waals surface area (Å²) in [6.45, 7) is 4.06. The van der Waals surface area contributed by atoms with Gasteiger partial charge in [-0.05, 0) is 77.1 Å². The second kappa shape index (κ2) is 15.3. The maximum absolute atomic E-state index is 13.3. The first-order valence-corrected chi connectivity index (χ1v) is 16.7. The van der Waals surface area contributed by atoms with Gasteiger partial charge in [-0.25, -0.2) is 0 Å². The number of halogens is 1. The zero-order valence-electron chi connectivity index (χ0n) is 28.7. The Kier molecular flexibility index (Phi) is 10.4. The van der Waals surface area contributed by atoms with Crippen LogP contribution in [0.1, 0.15) is 48.5 Å². The third kappa shape index (κ3) is 7.13. The van der Waals surface area contributed by atoms with Crippen molar-refractivity contribution < 1.29 is 28.7 Å². The van der Waals surface area contributed by atoms with E-state index in [1.807, 2.05) is 62.4 Å². The van der Waals surface area contributed by atoms with Gasteiger partial charge in [-0.2, -0.15) is 5.26 Å². The van der Waals surface area contributed by atoms with Gasteiger partial charge in [-0.15, -0.1) is 0 Å². The normalized spacial score (nSPS) is 12.5. The first kappa shape index (κ1) is 35.5. The number of fused-ring (bicyclic) bond motifs is 1. The topological polar surface area (TPSA) is 130 Å². The van der Waals surface area contributed by atoms with E-state index in [2.05, 4.69) is 4.98 Å². The molecule has 1 aliphatic heterocycles. The standard InChI is InChI=1S/C41H33ClN4O6/c1-25-30(24-52-39-17-38(31(22-48)16-36(39)42)51-23-28-14-27(18-43)19-44-20-28)6-4-8-33(25)34-9-5-7-32(26(34)2)29-10-11-37-35(15-29)41(50)45(3)21-40(49)46(37)12-13-47/h4-11,13-17,19-20,22H,12,21,23-24H2,1-3H3. The van der Waals surface area contributed by atoms with E-state index in [9.17, 15) is 24.4 Å². The lowest BCUT2D eigenvalue weighted by atomic mass is 9.89. The number of aromatic nitrogens is 1. The number of ether oxygens (including phenoxy) is 2. The Hall–Kier alpha value is -6.31. The van der Waals surface area contributed by atoms with Crippen LogP contribution in [0, 0.1) is 25.2 Å². The van der Waals surface area contributed by atoms with Crippen LogP contribution in [0.25, 0.3) is 22.3 Å². The van der Waals surface area contributed by atoms with Gasteiger partial charge in [-0.1, -0.05) is 54.1 Å². The molecule has 0 saturated carbocycles. The summed E-state index contributed by atoms with van der Waals surface area (Å²) < 4.78 is 12.1. The monoisotopic (exact) mass is 712 g/mol. The number of aldehydes is 2. The van der Waals surface area contributed by atoms with Crippen LogP contribution in [0.2, 0.25) is 5.02 Å². The van der Waals surface area contributed by atoms with Gasteiger partial charge in [0.15, 0.2) is 6.29 Å². The number of nitriles is 1. The lowest BCUT2D eigenvalue weighted by Crippen LogP contribution is -2.38. The summed E-state index contributed by atoms with van der Waals surface area (Å²) in [7, 11) is 1.57. The van der Waals surface area contributed by atoms with Gasteiger partial charge in [-0.3, -0.25) is 19.4 Å². The highest BCUT2D eigenvalue weighted by Gasteiger charge is 2.30. The summed E-state index contributed by atoms with van der Waals surface area (Å²) in [5, 5.41) is 9.43. The number of likely N-dealkylation sites (N-methyl/N-ethyl adjacent to an activating group) is 1. The van der Waals surface area contributed by atoms with Crippen molar-refractivity contribution in [2.24, 2.45) is 0 Å². The van der Waals surface area contributed by atoms with E-state index >= 15 is 0 Å². The lowest BCUT2D eigenvalue weighted by Gasteiger charge is -2.20. The van der Waals surface area contributed by atoms with Crippen molar-refractivity contribution in [3.8, 4) is 39.8 Å². The Morgan fingerprint density at radius 3 is 2.35 bits per heavy atom. The Morgan fingerprint density at radius 2 is 1.60 bits per heavy atom. The number of nitrogens with zero attached hydrogens (tertiary/aromatic N) is 4. The Morgan fingerprint density at radius 1 is 0.865 bits per heavy atom. The maximum atomic E-state index is 13.3. The highest BCUT2D eigenvalue weighted by molar-refractivity contribution is 6.32. The van der Waals surface area contributed by atoms with Crippen LogP contribution in [0.4, 0.5) is 5.69 Å². The van der Waals surface area contributed by atoms with Crippen molar-refractivity contribution in [3.05, 3.63) is 129 Å². The van der Waals surface area contributed by atoms with Crippen LogP contribution in [-0.2, 0) is 22.8 Å². The van der Waals surface area contributed by atoms with Crippen LogP contribution in [0.3, 0.4) is 0 Å². The number of hydrogen-bond donors (Lipinski definition) is 0. The molecule has 2 amide bonds. The number of carbonyl (C=O) groups is 4. The first-order chi connectivity index (χ1) is 25.1. The predicted molar refractivity (Wildman–Crippen MR) is 197 cm³/mol. The number of benzene rings is 4. The maximum Gasteiger partial charge on any atom is 0.256 e. The van der Waals surface area contributed by atoms with Gasteiger partial charge in [0, 0.05) is 31.1 Å². The van der Waals surface area contributed by atoms with Gasteiger partial charge in [0.25, 0.3) is 5.91 Å². The van der Waals surface area contributed by atoms with Crippen LogP contribution >= 0.6 is 11.6 Å². The fourth-order valence-electron chi connectivity index (χ4n) is 6.28. The van der Waals surface area contributed by atoms with Gasteiger partial charge in [0.2, 0.25) is 5.91 Å². The van der Waals surface area contributed by atoms with Crippen molar-refractivity contribution in [1.82, 2.24) is 9.88 Å². The molecule has 0 aliphatic carbocycles. The summed E-state index contributed by atoms with van der Waals surface area (Å²) in [4.78, 5) is 56.1. The summed E-state index contributed by atoms with van der Waals surface area (Å²) in [5.74, 6) is 0.00535. The van der Waals surface area contributed by atoms with E-state index in [1.54, 1.807) is 37.5 Å². The molecule has 10 nitrogen and oxygen atoms in total. The van der Waals surface area contributed by atoms with Gasteiger partial charge in [0.05, 0.1) is 33.9 Å². The molecule has 0 atom stereocenters. The lowest BCUT2D eigenvalue weighted by molar-refractivity contribution is -0.120. The molecule has 2 heterocycles. The average Bonchev–Trinajstić information content (AvgIpc) is 3.24. The number of carbonyl (C=O) groups excluding carboxylic acids is 4. The Bertz CT molecular complexity index is 2280. The molecule has 0 spiro atoms. The molecule has 0 bridgehead atoms. The molecular weight excluding hydrogens is 680 g/mol. The Balaban J connectivity index is 1.27. The molecule has 0 saturated heterocycles. The van der Waals surface area contributed by atoms with E-state index in [0.717, 1.165) is 38.9 Å². The van der Waals surface area contributed by atoms with Gasteiger partial charge in [0.1, 0.15) is 43.6 Å². The van der Waals surface area contributed by atoms with Crippen LogP contribution in [0.15, 0.2) is 85.2 Å². The smallest absolute Gasteiger partial charge is 0.256 e. The third-order valence-electron chi connectivity index (χ3n) is 9.07. The van der Waals surface area contributed by atoms with Crippen molar-refractivity contribution in [2.45, 2.75) is 27.1 Å². The molecule has 1 aliphatic rings. The second-order valence-electron chi connectivity index (χ2n) is 12.3. The van der Waals surface area contributed by atoms with Crippen molar-refractivity contribution in [2.75, 3.05) is 25.0 Å². The zero-order chi connectivity index (χ0) is 36.9. The predicted octanol–water partition coefficient (Wildman–Crippen LogP) is 7.15. The van der Waals surface area contributed by atoms with E-state index in [4.69, 9.17) is 21.1 Å². The summed E-state index contributed by atoms with van der Waals surface area (Å²) >= 11 is 6.52. The zero-order valence-corrected chi connectivity index (χ0v) is 29.4. The molecule has 260 valence electrons. The number of pyridine rings is 1. The molecule has 0 N–H and O–H groups in total. The Labute approximate surface area is 305 Å². The minimum atomic E-state index is -0.322. The number of anilines is 1. The summed E-state index contributed by atoms with van der Waals surface area (Å²) in [5.41, 5.74) is 8.69. The first-order valence-electron chi connectivity index (χ1n) is 16.3. The summed E-state index contributed by atoms with van der Waals surface area (Å²) in [6, 6.07) is 24.1. The van der Waals surface area contributed by atoms with Crippen LogP contribution < -0.4 is 14.4 Å². The largest absolute Gasteiger partial charge is 0.488 e. The fourth-order valence-corrected chi connectivity index (χ4v) is 6.51. The quantitative estimate of drug-likeness (QED) is 0.132. The fraction of sp³-hybridized carbons (Fsp3) is 0.171. The number of rotatable bonds is 11. The molecule has 11 heteroatoms. The molecular formula is C41H33ClN4O6. The van der Waals surface area contributed by atoms with Crippen molar-refractivity contribution in [3.63, 3.8) is 0 Å². The van der Waals surface area contributed by atoms with Crippen LogP contribution in [-0.4, -0.2) is 54.4 Å². The minimum absolute atomic E-state index is 0.0844. The molecule has 6 rings (SSSR count). The molecule has 4 aromatic carbocycles. The number of hydrogen-bond acceptors (Lipinski definition) is 8. The molecule has 1 aromatic heterocycles. The molecule has 5 aromatic rings. The molecule has 0 radical (unpaired) electrons. The highest BCUT2D eigenvalue weighted by atomic mass is 35.5. The molecule has 52 heavy (non-hydrogen) atoms. The van der Waals surface area contributed by atoms with E-state index < -0.39 is 0 Å². The van der Waals surface area contributed by atoms with E-state index in [-0.39, 0.29) is 54.5 Å². The van der Waals surface area contributed by atoms with Crippen molar-refractivity contribution in [1.29, 1.82) is 5.26 Å². The number of amides is 2. The van der Waals surface area contributed by atoms with Gasteiger partial charge < -0.3 is 24.1 Å². The molecule has 0 fully saturated rings. The second-order valence-corrected chi connectivity index (χ2v) is 12.7. The average molecular weight is 713 g/mol. The molecule has 0 unspecified atom stereocenters. The SMILES string of the molecule is Cc1c(COc2cc(OCc3cncc(C#N)c3)c(C=O)cc2Cl)cccc1-c1cccc(-c2ccc3c(c2)C(=O)N(C)CC(=O)N3CC=O)c1C. The van der Waals surface area contributed by atoms with Crippen molar-refractivity contribution >= 4 is 41.7 Å². The third-order valence-corrected chi connectivity index (χ3v) is 9.36.